The number of fused-ring (bicyclic) bond motifs is 1. The normalized spacial score (nSPS) is 12.5. The van der Waals surface area contributed by atoms with Crippen molar-refractivity contribution in [1.82, 2.24) is 19.7 Å². The second kappa shape index (κ2) is 8.55. The van der Waals surface area contributed by atoms with Crippen molar-refractivity contribution in [2.45, 2.75) is 19.0 Å². The van der Waals surface area contributed by atoms with E-state index in [1.54, 1.807) is 12.1 Å². The van der Waals surface area contributed by atoms with E-state index in [1.807, 2.05) is 4.98 Å². The molecule has 0 aliphatic carbocycles. The number of hydrogen-bond donors (Lipinski definition) is 2. The molecular weight excluding hydrogens is 498 g/mol. The molecule has 2 aromatic heterocycles. The van der Waals surface area contributed by atoms with E-state index in [0.717, 1.165) is 11.6 Å². The Hall–Kier alpha value is -3.75. The van der Waals surface area contributed by atoms with Gasteiger partial charge in [0, 0.05) is 17.1 Å². The zero-order valence-corrected chi connectivity index (χ0v) is 18.5. The smallest absolute Gasteiger partial charge is 0.395 e. The van der Waals surface area contributed by atoms with Crippen LogP contribution in [0.25, 0.3) is 16.6 Å². The number of aromatic amines is 2. The number of rotatable bonds is 4. The van der Waals surface area contributed by atoms with Crippen LogP contribution < -0.4 is 16.0 Å². The Kier molecular flexibility index (Phi) is 5.89. The van der Waals surface area contributed by atoms with Gasteiger partial charge >= 0.3 is 11.9 Å². The summed E-state index contributed by atoms with van der Waals surface area (Å²) < 4.78 is 46.1. The fourth-order valence-electron chi connectivity index (χ4n) is 3.25. The number of nitrogens with zero attached hydrogens (tertiary/aromatic N) is 3. The van der Waals surface area contributed by atoms with Crippen molar-refractivity contribution in [1.29, 1.82) is 5.26 Å². The van der Waals surface area contributed by atoms with Gasteiger partial charge in [-0.3, -0.25) is 9.78 Å². The summed E-state index contributed by atoms with van der Waals surface area (Å²) in [7, 11) is 0. The van der Waals surface area contributed by atoms with Crippen LogP contribution in [0.3, 0.4) is 0 Å². The Morgan fingerprint density at radius 3 is 2.47 bits per heavy atom. The van der Waals surface area contributed by atoms with Crippen molar-refractivity contribution in [3.05, 3.63) is 78.7 Å². The van der Waals surface area contributed by atoms with Crippen LogP contribution in [-0.2, 0) is 0 Å². The van der Waals surface area contributed by atoms with E-state index in [1.165, 1.54) is 30.5 Å². The van der Waals surface area contributed by atoms with Crippen LogP contribution >= 0.6 is 23.2 Å². The molecule has 2 aromatic carbocycles. The molecule has 0 amide bonds. The molecule has 0 aliphatic rings. The molecule has 174 valence electrons. The molecular formula is C21H12Cl2F3N5O3. The quantitative estimate of drug-likeness (QED) is 0.399. The Balaban J connectivity index is 1.73. The zero-order chi connectivity index (χ0) is 24.8. The molecule has 4 rings (SSSR count). The Bertz CT molecular complexity index is 1560. The molecule has 13 heteroatoms. The lowest BCUT2D eigenvalue weighted by atomic mass is 10.00. The maximum absolute atomic E-state index is 13.2. The SMILES string of the molecule is CC(c1c[nH]c2ccc(Oc3c(Cl)cc(-n4nc(C#N)c(=O)[nH]c4=O)cc3Cl)cc12)C(F)(F)F. The van der Waals surface area contributed by atoms with Gasteiger partial charge in [-0.25, -0.2) is 4.79 Å². The molecule has 2 N–H and O–H groups in total. The Morgan fingerprint density at radius 1 is 1.18 bits per heavy atom. The van der Waals surface area contributed by atoms with Gasteiger partial charge in [-0.2, -0.15) is 23.1 Å². The van der Waals surface area contributed by atoms with Gasteiger partial charge in [-0.1, -0.05) is 23.2 Å². The predicted molar refractivity (Wildman–Crippen MR) is 118 cm³/mol. The van der Waals surface area contributed by atoms with Crippen LogP contribution in [0.5, 0.6) is 11.5 Å². The Labute approximate surface area is 198 Å². The van der Waals surface area contributed by atoms with Crippen LogP contribution in [0.1, 0.15) is 24.1 Å². The number of hydrogen-bond acceptors (Lipinski definition) is 5. The molecule has 34 heavy (non-hydrogen) atoms. The molecule has 1 unspecified atom stereocenters. The van der Waals surface area contributed by atoms with Crippen LogP contribution in [0, 0.1) is 11.3 Å². The first-order valence-corrected chi connectivity index (χ1v) is 10.2. The first kappa shape index (κ1) is 23.4. The predicted octanol–water partition coefficient (Wildman–Crippen LogP) is 5.04. The third kappa shape index (κ3) is 4.25. The summed E-state index contributed by atoms with van der Waals surface area (Å²) in [4.78, 5) is 28.4. The maximum Gasteiger partial charge on any atom is 0.395 e. The van der Waals surface area contributed by atoms with Crippen LogP contribution in [0.2, 0.25) is 10.0 Å². The molecule has 0 saturated carbocycles. The number of H-pyrrole nitrogens is 2. The Morgan fingerprint density at radius 2 is 1.85 bits per heavy atom. The lowest BCUT2D eigenvalue weighted by molar-refractivity contribution is -0.146. The van der Waals surface area contributed by atoms with Gasteiger partial charge in [-0.15, -0.1) is 5.10 Å². The summed E-state index contributed by atoms with van der Waals surface area (Å²) in [5.41, 5.74) is -1.83. The highest BCUT2D eigenvalue weighted by Crippen LogP contribution is 2.41. The molecule has 8 nitrogen and oxygen atoms in total. The number of halogens is 5. The highest BCUT2D eigenvalue weighted by atomic mass is 35.5. The topological polar surface area (TPSA) is 117 Å². The van der Waals surface area contributed by atoms with Crippen molar-refractivity contribution in [2.75, 3.05) is 0 Å². The molecule has 0 fully saturated rings. The van der Waals surface area contributed by atoms with E-state index >= 15 is 0 Å². The first-order valence-electron chi connectivity index (χ1n) is 9.48. The molecule has 0 spiro atoms. The number of nitriles is 1. The summed E-state index contributed by atoms with van der Waals surface area (Å²) in [5.74, 6) is -1.56. The number of ether oxygens (including phenoxy) is 1. The summed E-state index contributed by atoms with van der Waals surface area (Å²) in [6.45, 7) is 1.06. The highest BCUT2D eigenvalue weighted by Gasteiger charge is 2.38. The summed E-state index contributed by atoms with van der Waals surface area (Å²) >= 11 is 12.6. The summed E-state index contributed by atoms with van der Waals surface area (Å²) in [6, 6.07) is 8.60. The monoisotopic (exact) mass is 509 g/mol. The van der Waals surface area contributed by atoms with Gasteiger partial charge < -0.3 is 9.72 Å². The molecule has 0 aliphatic heterocycles. The summed E-state index contributed by atoms with van der Waals surface area (Å²) in [5, 5.41) is 12.9. The number of benzene rings is 2. The van der Waals surface area contributed by atoms with Crippen LogP contribution in [0.4, 0.5) is 13.2 Å². The fourth-order valence-corrected chi connectivity index (χ4v) is 3.80. The standard InChI is InChI=1S/C21H12Cl2F3N5O3/c1-9(21(24,25)26)13-8-28-16-3-2-11(6-12(13)16)34-18-14(22)4-10(5-15(18)23)31-20(33)29-19(32)17(7-27)30-31/h2-6,8-9,28H,1H3,(H,29,32,33). The second-order valence-electron chi connectivity index (χ2n) is 7.19. The van der Waals surface area contributed by atoms with E-state index in [-0.39, 0.29) is 32.8 Å². The van der Waals surface area contributed by atoms with Crippen LogP contribution in [0.15, 0.2) is 46.1 Å². The van der Waals surface area contributed by atoms with Gasteiger partial charge in [-0.05, 0) is 42.8 Å². The lowest BCUT2D eigenvalue weighted by Gasteiger charge is -2.15. The van der Waals surface area contributed by atoms with Crippen LogP contribution in [-0.4, -0.2) is 25.9 Å². The van der Waals surface area contributed by atoms with E-state index in [9.17, 15) is 22.8 Å². The van der Waals surface area contributed by atoms with Crippen molar-refractivity contribution >= 4 is 34.1 Å². The average molecular weight is 510 g/mol. The minimum Gasteiger partial charge on any atom is -0.454 e. The van der Waals surface area contributed by atoms with Gasteiger partial charge in [0.15, 0.2) is 5.75 Å². The van der Waals surface area contributed by atoms with Crippen molar-refractivity contribution in [3.8, 4) is 23.3 Å². The number of nitrogens with one attached hydrogen (secondary N) is 2. The largest absolute Gasteiger partial charge is 0.454 e. The third-order valence-electron chi connectivity index (χ3n) is 5.02. The maximum atomic E-state index is 13.2. The van der Waals surface area contributed by atoms with E-state index < -0.39 is 29.0 Å². The lowest BCUT2D eigenvalue weighted by Crippen LogP contribution is -2.33. The molecule has 1 atom stereocenters. The molecule has 0 saturated heterocycles. The molecule has 2 heterocycles. The van der Waals surface area contributed by atoms with Gasteiger partial charge in [0.25, 0.3) is 5.56 Å². The van der Waals surface area contributed by atoms with Gasteiger partial charge in [0.05, 0.1) is 21.7 Å². The minimum atomic E-state index is -4.42. The summed E-state index contributed by atoms with van der Waals surface area (Å²) in [6.07, 6.45) is -3.13. The van der Waals surface area contributed by atoms with Gasteiger partial charge in [0.1, 0.15) is 11.8 Å². The molecule has 4 aromatic rings. The first-order chi connectivity index (χ1) is 16.0. The zero-order valence-electron chi connectivity index (χ0n) is 17.0. The third-order valence-corrected chi connectivity index (χ3v) is 5.59. The molecule has 0 bridgehead atoms. The van der Waals surface area contributed by atoms with Gasteiger partial charge in [0.2, 0.25) is 5.69 Å². The van der Waals surface area contributed by atoms with Crippen molar-refractivity contribution in [2.24, 2.45) is 0 Å². The molecule has 0 radical (unpaired) electrons. The highest BCUT2D eigenvalue weighted by molar-refractivity contribution is 6.37. The minimum absolute atomic E-state index is 0.0228. The van der Waals surface area contributed by atoms with Crippen molar-refractivity contribution in [3.63, 3.8) is 0 Å². The van der Waals surface area contributed by atoms with Crippen molar-refractivity contribution < 1.29 is 17.9 Å². The second-order valence-corrected chi connectivity index (χ2v) is 8.00. The van der Waals surface area contributed by atoms with E-state index in [4.69, 9.17) is 33.2 Å². The van der Waals surface area contributed by atoms with E-state index in [0.29, 0.717) is 10.9 Å². The average Bonchev–Trinajstić information content (AvgIpc) is 3.18. The fraction of sp³-hybridized carbons (Fsp3) is 0.143. The number of alkyl halides is 3. The number of aromatic nitrogens is 4. The van der Waals surface area contributed by atoms with E-state index in [2.05, 4.69) is 10.1 Å².